The van der Waals surface area contributed by atoms with E-state index in [1.165, 1.54) is 23.3 Å². The molecule has 0 unspecified atom stereocenters. The first-order valence-corrected chi connectivity index (χ1v) is 7.01. The average Bonchev–Trinajstić information content (AvgIpc) is 2.53. The lowest BCUT2D eigenvalue weighted by atomic mass is 10.0. The van der Waals surface area contributed by atoms with Gasteiger partial charge in [0.2, 0.25) is 0 Å². The van der Waals surface area contributed by atoms with Crippen molar-refractivity contribution < 1.29 is 4.39 Å². The molecule has 0 aromatic heterocycles. The molecule has 0 spiro atoms. The molecule has 2 aromatic rings. The summed E-state index contributed by atoms with van der Waals surface area (Å²) in [5.41, 5.74) is 4.66. The first kappa shape index (κ1) is 13.6. The van der Waals surface area contributed by atoms with Crippen LogP contribution in [0, 0.1) is 17.1 Å². The second kappa shape index (κ2) is 5.94. The lowest BCUT2D eigenvalue weighted by Gasteiger charge is -2.18. The average molecular weight is 281 g/mol. The van der Waals surface area contributed by atoms with Gasteiger partial charge in [-0.3, -0.25) is 0 Å². The van der Waals surface area contributed by atoms with E-state index in [2.05, 4.69) is 22.8 Å². The lowest BCUT2D eigenvalue weighted by Crippen LogP contribution is -2.23. The Morgan fingerprint density at radius 2 is 2.10 bits per heavy atom. The Morgan fingerprint density at radius 3 is 2.90 bits per heavy atom. The molecule has 106 valence electrons. The Labute approximate surface area is 123 Å². The van der Waals surface area contributed by atoms with E-state index in [-0.39, 0.29) is 5.56 Å². The van der Waals surface area contributed by atoms with Gasteiger partial charge in [-0.05, 0) is 53.9 Å². The van der Waals surface area contributed by atoms with Crippen molar-refractivity contribution in [2.45, 2.75) is 19.5 Å². The maximum Gasteiger partial charge on any atom is 0.141 e. The third-order valence-corrected chi connectivity index (χ3v) is 3.74. The highest BCUT2D eigenvalue weighted by atomic mass is 19.1. The topological polar surface area (TPSA) is 47.9 Å². The van der Waals surface area contributed by atoms with E-state index in [4.69, 9.17) is 5.26 Å². The Balaban J connectivity index is 1.70. The maximum absolute atomic E-state index is 13.5. The summed E-state index contributed by atoms with van der Waals surface area (Å²) in [4.78, 5) is 0. The van der Waals surface area contributed by atoms with Crippen LogP contribution in [-0.2, 0) is 19.5 Å². The van der Waals surface area contributed by atoms with Gasteiger partial charge in [0.1, 0.15) is 11.9 Å². The molecule has 1 aliphatic heterocycles. The minimum Gasteiger partial charge on any atom is -0.381 e. The second-order valence-electron chi connectivity index (χ2n) is 5.19. The van der Waals surface area contributed by atoms with Gasteiger partial charge in [0.15, 0.2) is 0 Å². The zero-order valence-corrected chi connectivity index (χ0v) is 11.6. The van der Waals surface area contributed by atoms with Gasteiger partial charge in [0.05, 0.1) is 5.56 Å². The number of hydrogen-bond acceptors (Lipinski definition) is 3. The quantitative estimate of drug-likeness (QED) is 0.909. The van der Waals surface area contributed by atoms with Crippen molar-refractivity contribution in [3.05, 3.63) is 64.5 Å². The maximum atomic E-state index is 13.5. The number of rotatable bonds is 3. The first-order chi connectivity index (χ1) is 10.3. The summed E-state index contributed by atoms with van der Waals surface area (Å²) in [5, 5.41) is 15.4. The van der Waals surface area contributed by atoms with Crippen LogP contribution < -0.4 is 10.6 Å². The van der Waals surface area contributed by atoms with E-state index in [0.717, 1.165) is 30.8 Å². The molecule has 0 saturated carbocycles. The van der Waals surface area contributed by atoms with E-state index in [9.17, 15) is 4.39 Å². The largest absolute Gasteiger partial charge is 0.381 e. The van der Waals surface area contributed by atoms with Crippen molar-refractivity contribution in [3.8, 4) is 6.07 Å². The van der Waals surface area contributed by atoms with Crippen molar-refractivity contribution in [3.63, 3.8) is 0 Å². The van der Waals surface area contributed by atoms with E-state index in [0.29, 0.717) is 6.54 Å². The standard InChI is InChI=1S/C17H16FN3/c18-17-7-12(1-2-14(17)9-19)10-21-16-4-3-15-11-20-6-5-13(15)8-16/h1-4,7-8,20-21H,5-6,10-11H2. The number of halogens is 1. The summed E-state index contributed by atoms with van der Waals surface area (Å²) in [6.07, 6.45) is 1.04. The molecule has 0 saturated heterocycles. The van der Waals surface area contributed by atoms with Gasteiger partial charge in [0, 0.05) is 18.8 Å². The van der Waals surface area contributed by atoms with Gasteiger partial charge in [-0.25, -0.2) is 4.39 Å². The Hall–Kier alpha value is -2.38. The van der Waals surface area contributed by atoms with Crippen LogP contribution >= 0.6 is 0 Å². The van der Waals surface area contributed by atoms with Crippen LogP contribution in [-0.4, -0.2) is 6.54 Å². The predicted molar refractivity (Wildman–Crippen MR) is 80.3 cm³/mol. The molecule has 3 rings (SSSR count). The van der Waals surface area contributed by atoms with E-state index >= 15 is 0 Å². The number of nitrogens with zero attached hydrogens (tertiary/aromatic N) is 1. The molecule has 2 aromatic carbocycles. The molecule has 21 heavy (non-hydrogen) atoms. The summed E-state index contributed by atoms with van der Waals surface area (Å²) in [5.74, 6) is -0.465. The molecule has 0 radical (unpaired) electrons. The van der Waals surface area contributed by atoms with Gasteiger partial charge in [-0.2, -0.15) is 5.26 Å². The molecule has 2 N–H and O–H groups in total. The van der Waals surface area contributed by atoms with Crippen LogP contribution in [0.2, 0.25) is 0 Å². The zero-order chi connectivity index (χ0) is 14.7. The molecule has 1 aliphatic rings. The smallest absolute Gasteiger partial charge is 0.141 e. The molecule has 0 atom stereocenters. The Kier molecular flexibility index (Phi) is 3.85. The van der Waals surface area contributed by atoms with Crippen molar-refractivity contribution in [2.24, 2.45) is 0 Å². The minimum atomic E-state index is -0.465. The van der Waals surface area contributed by atoms with Gasteiger partial charge in [-0.1, -0.05) is 12.1 Å². The SMILES string of the molecule is N#Cc1ccc(CNc2ccc3c(c2)CCNC3)cc1F. The summed E-state index contributed by atoms with van der Waals surface area (Å²) in [6, 6.07) is 12.9. The summed E-state index contributed by atoms with van der Waals surface area (Å²) in [6.45, 7) is 2.48. The van der Waals surface area contributed by atoms with Crippen LogP contribution in [0.25, 0.3) is 0 Å². The molecule has 0 aliphatic carbocycles. The van der Waals surface area contributed by atoms with Crippen LogP contribution in [0.1, 0.15) is 22.3 Å². The lowest BCUT2D eigenvalue weighted by molar-refractivity contribution is 0.622. The van der Waals surface area contributed by atoms with Crippen molar-refractivity contribution in [1.29, 1.82) is 5.26 Å². The molecule has 0 bridgehead atoms. The first-order valence-electron chi connectivity index (χ1n) is 7.01. The highest BCUT2D eigenvalue weighted by Crippen LogP contribution is 2.20. The number of benzene rings is 2. The van der Waals surface area contributed by atoms with Crippen molar-refractivity contribution >= 4 is 5.69 Å². The number of nitrogens with one attached hydrogen (secondary N) is 2. The molecule has 0 amide bonds. The van der Waals surface area contributed by atoms with Crippen LogP contribution in [0.5, 0.6) is 0 Å². The van der Waals surface area contributed by atoms with Crippen LogP contribution in [0.15, 0.2) is 36.4 Å². The molecule has 0 fully saturated rings. The van der Waals surface area contributed by atoms with Gasteiger partial charge >= 0.3 is 0 Å². The van der Waals surface area contributed by atoms with Crippen LogP contribution in [0.4, 0.5) is 10.1 Å². The van der Waals surface area contributed by atoms with E-state index in [1.807, 2.05) is 12.1 Å². The monoisotopic (exact) mass is 281 g/mol. The van der Waals surface area contributed by atoms with Gasteiger partial charge < -0.3 is 10.6 Å². The molecule has 3 nitrogen and oxygen atoms in total. The normalized spacial score (nSPS) is 13.3. The fourth-order valence-corrected chi connectivity index (χ4v) is 2.55. The fourth-order valence-electron chi connectivity index (χ4n) is 2.55. The van der Waals surface area contributed by atoms with Crippen LogP contribution in [0.3, 0.4) is 0 Å². The van der Waals surface area contributed by atoms with Gasteiger partial charge in [-0.15, -0.1) is 0 Å². The minimum absolute atomic E-state index is 0.0834. The summed E-state index contributed by atoms with van der Waals surface area (Å²) < 4.78 is 13.5. The highest BCUT2D eigenvalue weighted by Gasteiger charge is 2.09. The number of hydrogen-bond donors (Lipinski definition) is 2. The fraction of sp³-hybridized carbons (Fsp3) is 0.235. The molecule has 4 heteroatoms. The summed E-state index contributed by atoms with van der Waals surface area (Å²) in [7, 11) is 0. The van der Waals surface area contributed by atoms with Crippen molar-refractivity contribution in [2.75, 3.05) is 11.9 Å². The van der Waals surface area contributed by atoms with Gasteiger partial charge in [0.25, 0.3) is 0 Å². The number of nitriles is 1. The third kappa shape index (κ3) is 3.04. The predicted octanol–water partition coefficient (Wildman–Crippen LogP) is 2.96. The molecular formula is C17H16FN3. The Bertz CT molecular complexity index is 704. The summed E-state index contributed by atoms with van der Waals surface area (Å²) >= 11 is 0. The number of anilines is 1. The molecule has 1 heterocycles. The zero-order valence-electron chi connectivity index (χ0n) is 11.6. The Morgan fingerprint density at radius 1 is 1.19 bits per heavy atom. The second-order valence-corrected chi connectivity index (χ2v) is 5.19. The van der Waals surface area contributed by atoms with Crippen molar-refractivity contribution in [1.82, 2.24) is 5.32 Å². The number of fused-ring (bicyclic) bond motifs is 1. The van der Waals surface area contributed by atoms with E-state index < -0.39 is 5.82 Å². The third-order valence-electron chi connectivity index (χ3n) is 3.74. The van der Waals surface area contributed by atoms with E-state index in [1.54, 1.807) is 6.07 Å². The highest BCUT2D eigenvalue weighted by molar-refractivity contribution is 5.50. The molecular weight excluding hydrogens is 265 g/mol.